The zero-order chi connectivity index (χ0) is 20.3. The minimum Gasteiger partial charge on any atom is -0.497 e. The van der Waals surface area contributed by atoms with Crippen LogP contribution in [0.4, 0.5) is 9.18 Å². The zero-order valence-electron chi connectivity index (χ0n) is 15.2. The molecule has 1 saturated heterocycles. The molecule has 0 spiro atoms. The van der Waals surface area contributed by atoms with Gasteiger partial charge in [-0.2, -0.15) is 0 Å². The van der Waals surface area contributed by atoms with Crippen molar-refractivity contribution < 1.29 is 28.2 Å². The van der Waals surface area contributed by atoms with Crippen molar-refractivity contribution in [1.29, 1.82) is 0 Å². The van der Waals surface area contributed by atoms with Crippen LogP contribution in [0.25, 0.3) is 6.08 Å². The fourth-order valence-electron chi connectivity index (χ4n) is 2.70. The fraction of sp³-hybridized carbons (Fsp3) is 0.150. The number of hydrogen-bond acceptors (Lipinski definition) is 5. The number of carbonyl (C=O) groups excluding carboxylic acids is 3. The van der Waals surface area contributed by atoms with Crippen LogP contribution in [-0.4, -0.2) is 37.0 Å². The highest BCUT2D eigenvalue weighted by atomic mass is 19.1. The lowest BCUT2D eigenvalue weighted by molar-refractivity contribution is -0.130. The number of benzene rings is 2. The van der Waals surface area contributed by atoms with Crippen LogP contribution in [0.5, 0.6) is 11.5 Å². The van der Waals surface area contributed by atoms with Gasteiger partial charge in [0.2, 0.25) is 0 Å². The van der Waals surface area contributed by atoms with Crippen molar-refractivity contribution >= 4 is 23.9 Å². The Balaban J connectivity index is 1.93. The first kappa shape index (κ1) is 19.1. The summed E-state index contributed by atoms with van der Waals surface area (Å²) in [5.74, 6) is -1.04. The van der Waals surface area contributed by atoms with E-state index in [2.05, 4.69) is 5.32 Å². The third kappa shape index (κ3) is 3.85. The summed E-state index contributed by atoms with van der Waals surface area (Å²) in [6.45, 7) is -0.102. The number of imide groups is 2. The third-order valence-corrected chi connectivity index (χ3v) is 4.18. The van der Waals surface area contributed by atoms with E-state index in [9.17, 15) is 18.8 Å². The molecule has 0 unspecified atom stereocenters. The average molecular weight is 384 g/mol. The number of amides is 4. The molecule has 3 rings (SSSR count). The lowest BCUT2D eigenvalue weighted by Gasteiger charge is -2.26. The molecule has 7 nitrogen and oxygen atoms in total. The maximum atomic E-state index is 13.1. The van der Waals surface area contributed by atoms with E-state index in [1.54, 1.807) is 18.2 Å². The molecule has 1 fully saturated rings. The second-order valence-corrected chi connectivity index (χ2v) is 5.94. The molecule has 144 valence electrons. The third-order valence-electron chi connectivity index (χ3n) is 4.18. The summed E-state index contributed by atoms with van der Waals surface area (Å²) in [6.07, 6.45) is 1.35. The zero-order valence-corrected chi connectivity index (χ0v) is 15.2. The number of methoxy groups -OCH3 is 2. The summed E-state index contributed by atoms with van der Waals surface area (Å²) < 4.78 is 23.5. The fourth-order valence-corrected chi connectivity index (χ4v) is 2.70. The average Bonchev–Trinajstić information content (AvgIpc) is 2.69. The monoisotopic (exact) mass is 384 g/mol. The van der Waals surface area contributed by atoms with Crippen molar-refractivity contribution in [3.05, 3.63) is 65.0 Å². The van der Waals surface area contributed by atoms with Crippen LogP contribution in [0.1, 0.15) is 11.1 Å². The van der Waals surface area contributed by atoms with Gasteiger partial charge in [-0.15, -0.1) is 0 Å². The number of nitrogens with zero attached hydrogens (tertiary/aromatic N) is 1. The van der Waals surface area contributed by atoms with Gasteiger partial charge in [-0.25, -0.2) is 9.18 Å². The maximum Gasteiger partial charge on any atom is 0.331 e. The number of urea groups is 1. The SMILES string of the molecule is COc1ccc(/C=C2/C(=O)NC(=O)N(Cc3ccc(F)cc3)C2=O)c(OC)c1. The molecule has 8 heteroatoms. The van der Waals surface area contributed by atoms with Crippen LogP contribution in [0.2, 0.25) is 0 Å². The smallest absolute Gasteiger partial charge is 0.331 e. The van der Waals surface area contributed by atoms with Crippen LogP contribution >= 0.6 is 0 Å². The maximum absolute atomic E-state index is 13.1. The molecule has 0 aliphatic carbocycles. The van der Waals surface area contributed by atoms with Gasteiger partial charge in [0.25, 0.3) is 11.8 Å². The van der Waals surface area contributed by atoms with Crippen LogP contribution in [0.3, 0.4) is 0 Å². The quantitative estimate of drug-likeness (QED) is 0.633. The molecule has 0 bridgehead atoms. The van der Waals surface area contributed by atoms with E-state index in [4.69, 9.17) is 9.47 Å². The number of nitrogens with one attached hydrogen (secondary N) is 1. The predicted octanol–water partition coefficient (Wildman–Crippen LogP) is 2.50. The van der Waals surface area contributed by atoms with E-state index in [1.807, 2.05) is 0 Å². The molecule has 4 amide bonds. The van der Waals surface area contributed by atoms with E-state index in [1.165, 1.54) is 44.6 Å². The van der Waals surface area contributed by atoms with E-state index in [0.717, 1.165) is 4.90 Å². The second kappa shape index (κ2) is 7.91. The Morgan fingerprint density at radius 1 is 1.04 bits per heavy atom. The first-order valence-electron chi connectivity index (χ1n) is 8.28. The largest absolute Gasteiger partial charge is 0.497 e. The highest BCUT2D eigenvalue weighted by Crippen LogP contribution is 2.27. The summed E-state index contributed by atoms with van der Waals surface area (Å²) in [6, 6.07) is 9.44. The van der Waals surface area contributed by atoms with Crippen LogP contribution in [0.15, 0.2) is 48.0 Å². The number of barbiturate groups is 1. The van der Waals surface area contributed by atoms with Crippen molar-refractivity contribution in [2.75, 3.05) is 14.2 Å². The summed E-state index contributed by atoms with van der Waals surface area (Å²) in [5, 5.41) is 2.14. The van der Waals surface area contributed by atoms with E-state index >= 15 is 0 Å². The highest BCUT2D eigenvalue weighted by molar-refractivity contribution is 6.31. The molecule has 0 atom stereocenters. The lowest BCUT2D eigenvalue weighted by Crippen LogP contribution is -2.53. The molecular formula is C20H17FN2O5. The minimum atomic E-state index is -0.835. The molecule has 0 aromatic heterocycles. The van der Waals surface area contributed by atoms with Gasteiger partial charge in [-0.1, -0.05) is 12.1 Å². The van der Waals surface area contributed by atoms with Crippen molar-refractivity contribution in [2.45, 2.75) is 6.54 Å². The van der Waals surface area contributed by atoms with Gasteiger partial charge < -0.3 is 9.47 Å². The Hall–Kier alpha value is -3.68. The molecule has 2 aromatic rings. The number of hydrogen-bond donors (Lipinski definition) is 1. The van der Waals surface area contributed by atoms with Gasteiger partial charge in [0.1, 0.15) is 22.9 Å². The Labute approximate surface area is 160 Å². The predicted molar refractivity (Wildman–Crippen MR) is 98.0 cm³/mol. The first-order valence-corrected chi connectivity index (χ1v) is 8.28. The topological polar surface area (TPSA) is 84.9 Å². The molecule has 0 saturated carbocycles. The molecule has 28 heavy (non-hydrogen) atoms. The van der Waals surface area contributed by atoms with Gasteiger partial charge in [0, 0.05) is 11.6 Å². The minimum absolute atomic E-state index is 0.102. The summed E-state index contributed by atoms with van der Waals surface area (Å²) in [4.78, 5) is 38.0. The van der Waals surface area contributed by atoms with Crippen molar-refractivity contribution in [2.24, 2.45) is 0 Å². The van der Waals surface area contributed by atoms with Gasteiger partial charge in [-0.3, -0.25) is 19.8 Å². The van der Waals surface area contributed by atoms with Crippen molar-refractivity contribution in [1.82, 2.24) is 10.2 Å². The van der Waals surface area contributed by atoms with Gasteiger partial charge in [0.15, 0.2) is 0 Å². The number of carbonyl (C=O) groups is 3. The Kier molecular flexibility index (Phi) is 5.39. The van der Waals surface area contributed by atoms with Crippen LogP contribution in [0, 0.1) is 5.82 Å². The summed E-state index contributed by atoms with van der Waals surface area (Å²) >= 11 is 0. The molecule has 1 aliphatic rings. The molecule has 1 N–H and O–H groups in total. The van der Waals surface area contributed by atoms with Gasteiger partial charge >= 0.3 is 6.03 Å². The van der Waals surface area contributed by atoms with Crippen molar-refractivity contribution in [3.8, 4) is 11.5 Å². The molecule has 0 radical (unpaired) electrons. The van der Waals surface area contributed by atoms with Gasteiger partial charge in [0.05, 0.1) is 20.8 Å². The summed E-state index contributed by atoms with van der Waals surface area (Å²) in [5.41, 5.74) is 0.795. The molecular weight excluding hydrogens is 367 g/mol. The van der Waals surface area contributed by atoms with Crippen LogP contribution in [-0.2, 0) is 16.1 Å². The Morgan fingerprint density at radius 3 is 2.39 bits per heavy atom. The number of rotatable bonds is 5. The molecule has 1 heterocycles. The normalized spacial score (nSPS) is 15.6. The first-order chi connectivity index (χ1) is 13.4. The standard InChI is InChI=1S/C20H17FN2O5/c1-27-15-8-5-13(17(10-15)28-2)9-16-18(24)22-20(26)23(19(16)25)11-12-3-6-14(21)7-4-12/h3-10H,11H2,1-2H3,(H,22,24,26)/b16-9-. The van der Waals surface area contributed by atoms with E-state index < -0.39 is 23.7 Å². The summed E-state index contributed by atoms with van der Waals surface area (Å²) in [7, 11) is 2.95. The van der Waals surface area contributed by atoms with E-state index in [-0.39, 0.29) is 12.1 Å². The number of halogens is 1. The van der Waals surface area contributed by atoms with Gasteiger partial charge in [-0.05, 0) is 35.9 Å². The van der Waals surface area contributed by atoms with Crippen molar-refractivity contribution in [3.63, 3.8) is 0 Å². The lowest BCUT2D eigenvalue weighted by atomic mass is 10.1. The Bertz CT molecular complexity index is 969. The Morgan fingerprint density at radius 2 is 1.75 bits per heavy atom. The van der Waals surface area contributed by atoms with Crippen LogP contribution < -0.4 is 14.8 Å². The molecule has 2 aromatic carbocycles. The second-order valence-electron chi connectivity index (χ2n) is 5.94. The number of ether oxygens (including phenoxy) is 2. The molecule has 1 aliphatic heterocycles. The highest BCUT2D eigenvalue weighted by Gasteiger charge is 2.35. The van der Waals surface area contributed by atoms with E-state index in [0.29, 0.717) is 22.6 Å².